The Morgan fingerprint density at radius 1 is 1.06 bits per heavy atom. The highest BCUT2D eigenvalue weighted by Crippen LogP contribution is 2.60. The smallest absolute Gasteiger partial charge is 0.127 e. The summed E-state index contributed by atoms with van der Waals surface area (Å²) in [5, 5.41) is 3.75. The number of hydrogen-bond donors (Lipinski definition) is 1. The Labute approximate surface area is 96.4 Å². The van der Waals surface area contributed by atoms with Crippen LogP contribution in [0.25, 0.3) is 0 Å². The lowest BCUT2D eigenvalue weighted by atomic mass is 9.71. The van der Waals surface area contributed by atoms with E-state index < -0.39 is 0 Å². The second kappa shape index (κ2) is 2.92. The first-order valence-electron chi connectivity index (χ1n) is 6.64. The molecule has 0 bridgehead atoms. The summed E-state index contributed by atoms with van der Waals surface area (Å²) in [7, 11) is 0. The van der Waals surface area contributed by atoms with Crippen LogP contribution >= 0.6 is 0 Å². The molecule has 2 saturated carbocycles. The summed E-state index contributed by atoms with van der Waals surface area (Å²) in [4.78, 5) is 0. The Morgan fingerprint density at radius 3 is 2.56 bits per heavy atom. The first-order valence-corrected chi connectivity index (χ1v) is 6.64. The van der Waals surface area contributed by atoms with E-state index in [1.54, 1.807) is 0 Å². The van der Waals surface area contributed by atoms with Gasteiger partial charge in [-0.05, 0) is 62.0 Å². The van der Waals surface area contributed by atoms with E-state index >= 15 is 0 Å². The fraction of sp³-hybridized carbons (Fsp3) is 0.714. The van der Waals surface area contributed by atoms with Gasteiger partial charge in [0.1, 0.15) is 5.76 Å². The largest absolute Gasteiger partial charge is 0.467 e. The molecule has 2 fully saturated rings. The zero-order chi connectivity index (χ0) is 10.6. The third kappa shape index (κ3) is 1.17. The van der Waals surface area contributed by atoms with Gasteiger partial charge in [0.2, 0.25) is 0 Å². The zero-order valence-corrected chi connectivity index (χ0v) is 9.72. The SMILES string of the molecule is c1cc2c(o1)C1(CCC3(CC3)CC1)NCC2. The molecule has 86 valence electrons. The number of rotatable bonds is 0. The first kappa shape index (κ1) is 9.29. The molecule has 1 aromatic heterocycles. The van der Waals surface area contributed by atoms with Gasteiger partial charge in [-0.3, -0.25) is 0 Å². The van der Waals surface area contributed by atoms with Crippen LogP contribution in [-0.4, -0.2) is 6.54 Å². The summed E-state index contributed by atoms with van der Waals surface area (Å²) in [5.41, 5.74) is 2.41. The lowest BCUT2D eigenvalue weighted by molar-refractivity contribution is 0.141. The predicted molar refractivity (Wildman–Crippen MR) is 62.2 cm³/mol. The molecule has 1 N–H and O–H groups in total. The number of furan rings is 1. The third-order valence-corrected chi connectivity index (χ3v) is 5.16. The van der Waals surface area contributed by atoms with Crippen molar-refractivity contribution >= 4 is 0 Å². The molecule has 1 aromatic rings. The standard InChI is InChI=1S/C14H19NO/c1-9-15-14(12-11(1)2-10-16-12)7-5-13(3-4-13)6-8-14/h2,10,15H,1,3-9H2. The molecule has 16 heavy (non-hydrogen) atoms. The van der Waals surface area contributed by atoms with Gasteiger partial charge >= 0.3 is 0 Å². The minimum absolute atomic E-state index is 0.199. The van der Waals surface area contributed by atoms with Crippen molar-refractivity contribution in [2.24, 2.45) is 5.41 Å². The highest BCUT2D eigenvalue weighted by Gasteiger charge is 2.51. The van der Waals surface area contributed by atoms with Gasteiger partial charge in [0.25, 0.3) is 0 Å². The van der Waals surface area contributed by atoms with E-state index in [9.17, 15) is 0 Å². The summed E-state index contributed by atoms with van der Waals surface area (Å²) in [6, 6.07) is 2.17. The minimum Gasteiger partial charge on any atom is -0.467 e. The highest BCUT2D eigenvalue weighted by molar-refractivity contribution is 5.29. The molecule has 0 atom stereocenters. The quantitative estimate of drug-likeness (QED) is 0.722. The molecule has 3 aliphatic rings. The monoisotopic (exact) mass is 217 g/mol. The van der Waals surface area contributed by atoms with Gasteiger partial charge in [-0.15, -0.1) is 0 Å². The molecule has 4 rings (SSSR count). The van der Waals surface area contributed by atoms with Crippen molar-refractivity contribution in [1.29, 1.82) is 0 Å². The van der Waals surface area contributed by atoms with E-state index in [-0.39, 0.29) is 5.54 Å². The van der Waals surface area contributed by atoms with Crippen molar-refractivity contribution in [3.05, 3.63) is 23.7 Å². The maximum Gasteiger partial charge on any atom is 0.127 e. The lowest BCUT2D eigenvalue weighted by Gasteiger charge is -2.42. The van der Waals surface area contributed by atoms with Gasteiger partial charge in [-0.2, -0.15) is 0 Å². The van der Waals surface area contributed by atoms with Crippen LogP contribution in [0, 0.1) is 5.41 Å². The summed E-state index contributed by atoms with van der Waals surface area (Å²) in [6.45, 7) is 1.12. The average molecular weight is 217 g/mol. The molecular formula is C14H19NO. The van der Waals surface area contributed by atoms with Crippen LogP contribution in [0.1, 0.15) is 49.8 Å². The van der Waals surface area contributed by atoms with Crippen molar-refractivity contribution in [2.45, 2.75) is 50.5 Å². The van der Waals surface area contributed by atoms with E-state index in [0.717, 1.165) is 18.4 Å². The number of hydrogen-bond acceptors (Lipinski definition) is 2. The van der Waals surface area contributed by atoms with Crippen molar-refractivity contribution in [1.82, 2.24) is 5.32 Å². The second-order valence-corrected chi connectivity index (χ2v) is 6.03. The van der Waals surface area contributed by atoms with Crippen LogP contribution in [0.3, 0.4) is 0 Å². The van der Waals surface area contributed by atoms with Gasteiger partial charge in [-0.25, -0.2) is 0 Å². The van der Waals surface area contributed by atoms with Gasteiger partial charge in [0.15, 0.2) is 0 Å². The van der Waals surface area contributed by atoms with E-state index in [2.05, 4.69) is 11.4 Å². The summed E-state index contributed by atoms with van der Waals surface area (Å²) < 4.78 is 5.78. The van der Waals surface area contributed by atoms with Crippen LogP contribution in [0.15, 0.2) is 16.7 Å². The topological polar surface area (TPSA) is 25.2 Å². The summed E-state index contributed by atoms with van der Waals surface area (Å²) in [6.07, 6.45) is 11.4. The molecule has 2 spiro atoms. The summed E-state index contributed by atoms with van der Waals surface area (Å²) in [5.74, 6) is 1.26. The Hall–Kier alpha value is -0.760. The van der Waals surface area contributed by atoms with E-state index in [0.29, 0.717) is 0 Å². The molecule has 0 unspecified atom stereocenters. The van der Waals surface area contributed by atoms with Crippen molar-refractivity contribution < 1.29 is 4.42 Å². The van der Waals surface area contributed by atoms with E-state index in [1.807, 2.05) is 6.26 Å². The van der Waals surface area contributed by atoms with Crippen molar-refractivity contribution in [2.75, 3.05) is 6.54 Å². The number of nitrogens with one attached hydrogen (secondary N) is 1. The fourth-order valence-corrected chi connectivity index (χ4v) is 3.76. The normalized spacial score (nSPS) is 29.2. The highest BCUT2D eigenvalue weighted by atomic mass is 16.3. The molecule has 0 radical (unpaired) electrons. The van der Waals surface area contributed by atoms with Crippen LogP contribution < -0.4 is 5.32 Å². The predicted octanol–water partition coefficient (Wildman–Crippen LogP) is 2.97. The van der Waals surface area contributed by atoms with Gasteiger partial charge in [0.05, 0.1) is 11.8 Å². The fourth-order valence-electron chi connectivity index (χ4n) is 3.76. The van der Waals surface area contributed by atoms with Gasteiger partial charge in [0, 0.05) is 6.54 Å². The molecule has 1 aliphatic heterocycles. The lowest BCUT2D eigenvalue weighted by Crippen LogP contribution is -2.49. The molecule has 0 aromatic carbocycles. The molecule has 2 aliphatic carbocycles. The third-order valence-electron chi connectivity index (χ3n) is 5.16. The van der Waals surface area contributed by atoms with Crippen LogP contribution in [0.2, 0.25) is 0 Å². The number of fused-ring (bicyclic) bond motifs is 2. The molecule has 2 heterocycles. The van der Waals surface area contributed by atoms with Crippen molar-refractivity contribution in [3.63, 3.8) is 0 Å². The van der Waals surface area contributed by atoms with E-state index in [1.165, 1.54) is 49.8 Å². The molecule has 2 nitrogen and oxygen atoms in total. The molecular weight excluding hydrogens is 198 g/mol. The molecule has 2 heteroatoms. The Balaban J connectivity index is 1.68. The first-order chi connectivity index (χ1) is 7.82. The van der Waals surface area contributed by atoms with Gasteiger partial charge in [-0.1, -0.05) is 0 Å². The minimum atomic E-state index is 0.199. The molecule has 0 amide bonds. The maximum absolute atomic E-state index is 5.78. The van der Waals surface area contributed by atoms with Crippen LogP contribution in [0.4, 0.5) is 0 Å². The van der Waals surface area contributed by atoms with Crippen LogP contribution in [-0.2, 0) is 12.0 Å². The Morgan fingerprint density at radius 2 is 1.81 bits per heavy atom. The Kier molecular flexibility index (Phi) is 1.69. The van der Waals surface area contributed by atoms with Gasteiger partial charge < -0.3 is 9.73 Å². The summed E-state index contributed by atoms with van der Waals surface area (Å²) >= 11 is 0. The average Bonchev–Trinajstić information content (AvgIpc) is 2.89. The second-order valence-electron chi connectivity index (χ2n) is 6.03. The zero-order valence-electron chi connectivity index (χ0n) is 9.72. The molecule has 0 saturated heterocycles. The Bertz CT molecular complexity index is 406. The van der Waals surface area contributed by atoms with Crippen LogP contribution in [0.5, 0.6) is 0 Å². The maximum atomic E-state index is 5.78. The van der Waals surface area contributed by atoms with Crippen molar-refractivity contribution in [3.8, 4) is 0 Å². The van der Waals surface area contributed by atoms with E-state index in [4.69, 9.17) is 4.42 Å².